The Morgan fingerprint density at radius 3 is 3.00 bits per heavy atom. The average molecular weight is 242 g/mol. The van der Waals surface area contributed by atoms with Crippen molar-refractivity contribution in [3.63, 3.8) is 0 Å². The smallest absolute Gasteiger partial charge is 0.239 e. The van der Waals surface area contributed by atoms with Gasteiger partial charge in [0.1, 0.15) is 0 Å². The highest BCUT2D eigenvalue weighted by Gasteiger charge is 2.19. The van der Waals surface area contributed by atoms with Gasteiger partial charge in [0.15, 0.2) is 0 Å². The van der Waals surface area contributed by atoms with E-state index in [-0.39, 0.29) is 24.1 Å². The number of hydrogen-bond acceptors (Lipinski definition) is 3. The summed E-state index contributed by atoms with van der Waals surface area (Å²) in [5.41, 5.74) is -0.116. The lowest BCUT2D eigenvalue weighted by Crippen LogP contribution is -2.20. The number of ether oxygens (including phenoxy) is 1. The number of aromatic nitrogens is 1. The molecule has 1 aromatic rings. The molecule has 0 spiro atoms. The van der Waals surface area contributed by atoms with Crippen LogP contribution >= 0.6 is 0 Å². The summed E-state index contributed by atoms with van der Waals surface area (Å²) in [4.78, 5) is 14.5. The number of hydrogen-bond donors (Lipinski definition) is 1. The Balaban J connectivity index is 1.93. The number of carbonyl (C=O) groups excluding carboxylic acids is 1. The Kier molecular flexibility index (Phi) is 3.63. The van der Waals surface area contributed by atoms with E-state index in [1.165, 1.54) is 0 Å². The highest BCUT2D eigenvalue weighted by molar-refractivity contribution is 5.90. The van der Waals surface area contributed by atoms with Crippen molar-refractivity contribution in [2.45, 2.75) is 25.4 Å². The van der Waals surface area contributed by atoms with Gasteiger partial charge in [0.2, 0.25) is 17.8 Å². The monoisotopic (exact) mass is 242 g/mol. The highest BCUT2D eigenvalue weighted by atomic mass is 19.1. The molecule has 1 unspecified atom stereocenters. The van der Waals surface area contributed by atoms with E-state index in [2.05, 4.69) is 10.3 Å². The predicted octanol–water partition coefficient (Wildman–Crippen LogP) is 1.87. The molecule has 0 aliphatic carbocycles. The van der Waals surface area contributed by atoms with Crippen molar-refractivity contribution in [1.82, 2.24) is 4.98 Å². The number of nitrogens with zero attached hydrogens (tertiary/aromatic N) is 1. The summed E-state index contributed by atoms with van der Waals surface area (Å²) < 4.78 is 30.9. The molecule has 1 saturated heterocycles. The Labute approximate surface area is 97.0 Å². The van der Waals surface area contributed by atoms with Crippen LogP contribution in [0.25, 0.3) is 0 Å². The highest BCUT2D eigenvalue weighted by Crippen LogP contribution is 2.17. The van der Waals surface area contributed by atoms with Crippen LogP contribution in [0.1, 0.15) is 19.3 Å². The Morgan fingerprint density at radius 2 is 2.35 bits per heavy atom. The molecule has 4 nitrogen and oxygen atoms in total. The molecule has 17 heavy (non-hydrogen) atoms. The third-order valence-electron chi connectivity index (χ3n) is 2.53. The number of anilines is 1. The first-order valence-electron chi connectivity index (χ1n) is 5.38. The molecule has 0 aromatic carbocycles. The van der Waals surface area contributed by atoms with Crippen LogP contribution in [0, 0.1) is 11.9 Å². The number of rotatable bonds is 3. The zero-order valence-corrected chi connectivity index (χ0v) is 9.08. The van der Waals surface area contributed by atoms with Crippen LogP contribution in [-0.4, -0.2) is 23.6 Å². The van der Waals surface area contributed by atoms with Gasteiger partial charge in [0.25, 0.3) is 0 Å². The Morgan fingerprint density at radius 1 is 1.53 bits per heavy atom. The first kappa shape index (κ1) is 11.9. The van der Waals surface area contributed by atoms with Crippen molar-refractivity contribution in [2.75, 3.05) is 11.9 Å². The maximum atomic E-state index is 13.1. The van der Waals surface area contributed by atoms with Gasteiger partial charge < -0.3 is 10.1 Å². The molecule has 2 rings (SSSR count). The zero-order chi connectivity index (χ0) is 12.3. The van der Waals surface area contributed by atoms with Gasteiger partial charge in [-0.15, -0.1) is 0 Å². The summed E-state index contributed by atoms with van der Waals surface area (Å²) in [6.45, 7) is 0.657. The molecular formula is C11H12F2N2O2. The zero-order valence-electron chi connectivity index (χ0n) is 9.08. The fourth-order valence-electron chi connectivity index (χ4n) is 1.72. The molecular weight excluding hydrogens is 230 g/mol. The lowest BCUT2D eigenvalue weighted by atomic mass is 10.2. The molecule has 1 aliphatic rings. The van der Waals surface area contributed by atoms with Crippen molar-refractivity contribution in [3.8, 4) is 0 Å². The van der Waals surface area contributed by atoms with Crippen LogP contribution in [0.4, 0.5) is 14.5 Å². The van der Waals surface area contributed by atoms with Crippen LogP contribution in [0.15, 0.2) is 12.1 Å². The fourth-order valence-corrected chi connectivity index (χ4v) is 1.72. The van der Waals surface area contributed by atoms with E-state index in [9.17, 15) is 13.6 Å². The minimum absolute atomic E-state index is 0.105. The standard InChI is InChI=1S/C11H12F2N2O2/c12-9-4-3-8(11(13)15-9)14-10(16)6-7-2-1-5-17-7/h3-4,7H,1-2,5-6H2,(H,14,16). The SMILES string of the molecule is O=C(CC1CCCO1)Nc1ccc(F)nc1F. The number of halogens is 2. The molecule has 0 saturated carbocycles. The fraction of sp³-hybridized carbons (Fsp3) is 0.455. The summed E-state index contributed by atoms with van der Waals surface area (Å²) >= 11 is 0. The van der Waals surface area contributed by atoms with Gasteiger partial charge in [-0.3, -0.25) is 4.79 Å². The molecule has 92 valence electrons. The second kappa shape index (κ2) is 5.18. The van der Waals surface area contributed by atoms with Crippen LogP contribution < -0.4 is 5.32 Å². The van der Waals surface area contributed by atoms with Gasteiger partial charge in [-0.1, -0.05) is 0 Å². The Bertz CT molecular complexity index is 420. The summed E-state index contributed by atoms with van der Waals surface area (Å²) in [6, 6.07) is 2.13. The van der Waals surface area contributed by atoms with Crippen molar-refractivity contribution >= 4 is 11.6 Å². The number of nitrogens with one attached hydrogen (secondary N) is 1. The molecule has 6 heteroatoms. The van der Waals surface area contributed by atoms with Crippen molar-refractivity contribution < 1.29 is 18.3 Å². The first-order valence-corrected chi connectivity index (χ1v) is 5.38. The second-order valence-corrected chi connectivity index (χ2v) is 3.86. The van der Waals surface area contributed by atoms with Crippen molar-refractivity contribution in [1.29, 1.82) is 0 Å². The minimum atomic E-state index is -1.02. The topological polar surface area (TPSA) is 51.2 Å². The second-order valence-electron chi connectivity index (χ2n) is 3.86. The quantitative estimate of drug-likeness (QED) is 0.823. The number of carbonyl (C=O) groups is 1. The summed E-state index contributed by atoms with van der Waals surface area (Å²) in [5, 5.41) is 2.34. The predicted molar refractivity (Wildman–Crippen MR) is 56.4 cm³/mol. The number of amides is 1. The van der Waals surface area contributed by atoms with Crippen LogP contribution in [0.5, 0.6) is 0 Å². The van der Waals surface area contributed by atoms with E-state index in [4.69, 9.17) is 4.74 Å². The summed E-state index contributed by atoms with van der Waals surface area (Å²) in [7, 11) is 0. The largest absolute Gasteiger partial charge is 0.378 e. The van der Waals surface area contributed by atoms with E-state index in [1.807, 2.05) is 0 Å². The first-order chi connectivity index (χ1) is 8.15. The molecule has 1 fully saturated rings. The third kappa shape index (κ3) is 3.20. The molecule has 0 radical (unpaired) electrons. The maximum absolute atomic E-state index is 13.1. The van der Waals surface area contributed by atoms with Gasteiger partial charge in [-0.2, -0.15) is 13.8 Å². The van der Waals surface area contributed by atoms with E-state index in [0.717, 1.165) is 25.0 Å². The third-order valence-corrected chi connectivity index (χ3v) is 2.53. The number of pyridine rings is 1. The molecule has 1 aliphatic heterocycles. The summed E-state index contributed by atoms with van der Waals surface area (Å²) in [5.74, 6) is -2.30. The molecule has 0 bridgehead atoms. The van der Waals surface area contributed by atoms with E-state index in [0.29, 0.717) is 6.61 Å². The molecule has 1 aromatic heterocycles. The van der Waals surface area contributed by atoms with E-state index >= 15 is 0 Å². The van der Waals surface area contributed by atoms with E-state index < -0.39 is 11.9 Å². The van der Waals surface area contributed by atoms with Gasteiger partial charge in [-0.25, -0.2) is 0 Å². The van der Waals surface area contributed by atoms with Crippen LogP contribution in [0.2, 0.25) is 0 Å². The van der Waals surface area contributed by atoms with Gasteiger partial charge in [-0.05, 0) is 25.0 Å². The molecule has 2 heterocycles. The summed E-state index contributed by atoms with van der Waals surface area (Å²) in [6.07, 6.45) is 1.84. The molecule has 1 N–H and O–H groups in total. The Hall–Kier alpha value is -1.56. The normalized spacial score (nSPS) is 19.3. The van der Waals surface area contributed by atoms with Gasteiger partial charge in [0.05, 0.1) is 18.2 Å². The van der Waals surface area contributed by atoms with Gasteiger partial charge >= 0.3 is 0 Å². The van der Waals surface area contributed by atoms with Gasteiger partial charge in [0, 0.05) is 6.61 Å². The van der Waals surface area contributed by atoms with Crippen molar-refractivity contribution in [3.05, 3.63) is 24.0 Å². The van der Waals surface area contributed by atoms with E-state index in [1.54, 1.807) is 0 Å². The van der Waals surface area contributed by atoms with Crippen LogP contribution in [0.3, 0.4) is 0 Å². The maximum Gasteiger partial charge on any atom is 0.239 e. The lowest BCUT2D eigenvalue weighted by Gasteiger charge is -2.09. The molecule has 1 amide bonds. The lowest BCUT2D eigenvalue weighted by molar-refractivity contribution is -0.118. The van der Waals surface area contributed by atoms with Crippen molar-refractivity contribution in [2.24, 2.45) is 0 Å². The minimum Gasteiger partial charge on any atom is -0.378 e. The molecule has 1 atom stereocenters. The van der Waals surface area contributed by atoms with Crippen LogP contribution in [-0.2, 0) is 9.53 Å². The average Bonchev–Trinajstić information content (AvgIpc) is 2.75.